The van der Waals surface area contributed by atoms with E-state index in [-0.39, 0.29) is 29.8 Å². The van der Waals surface area contributed by atoms with E-state index in [0.717, 1.165) is 10.1 Å². The highest BCUT2D eigenvalue weighted by Gasteiger charge is 2.11. The van der Waals surface area contributed by atoms with Crippen molar-refractivity contribution in [2.45, 2.75) is 33.9 Å². The minimum absolute atomic E-state index is 0.0592. The summed E-state index contributed by atoms with van der Waals surface area (Å²) in [7, 11) is 0. The minimum atomic E-state index is -0.503. The predicted octanol–water partition coefficient (Wildman–Crippen LogP) is 2.23. The molecule has 30 heavy (non-hydrogen) atoms. The summed E-state index contributed by atoms with van der Waals surface area (Å²) in [4.78, 5) is 51.2. The second-order valence-electron chi connectivity index (χ2n) is 7.26. The molecule has 2 aromatic carbocycles. The Morgan fingerprint density at radius 1 is 1.07 bits per heavy atom. The lowest BCUT2D eigenvalue weighted by Gasteiger charge is -2.10. The number of benzene rings is 2. The monoisotopic (exact) mass is 408 g/mol. The van der Waals surface area contributed by atoms with Gasteiger partial charge in [-0.1, -0.05) is 26.0 Å². The molecule has 0 radical (unpaired) electrons. The zero-order valence-electron chi connectivity index (χ0n) is 17.1. The quantitative estimate of drug-likeness (QED) is 0.580. The van der Waals surface area contributed by atoms with Gasteiger partial charge in [0.05, 0.1) is 10.9 Å². The Morgan fingerprint density at radius 2 is 1.77 bits per heavy atom. The normalized spacial score (nSPS) is 10.9. The first kappa shape index (κ1) is 21.0. The molecule has 0 unspecified atom stereocenters. The van der Waals surface area contributed by atoms with Gasteiger partial charge in [-0.05, 0) is 42.8 Å². The van der Waals surface area contributed by atoms with Crippen LogP contribution in [-0.2, 0) is 17.9 Å². The van der Waals surface area contributed by atoms with Crippen LogP contribution in [0.5, 0.6) is 0 Å². The van der Waals surface area contributed by atoms with Crippen LogP contribution in [0.15, 0.2) is 52.1 Å². The number of carbonyl (C=O) groups is 2. The molecular weight excluding hydrogens is 384 g/mol. The lowest BCUT2D eigenvalue weighted by atomic mass is 10.1. The third kappa shape index (κ3) is 4.48. The van der Waals surface area contributed by atoms with Crippen molar-refractivity contribution in [3.05, 3.63) is 74.4 Å². The molecule has 0 aliphatic rings. The second kappa shape index (κ2) is 8.77. The summed E-state index contributed by atoms with van der Waals surface area (Å²) in [6.07, 6.45) is 0. The summed E-state index contributed by atoms with van der Waals surface area (Å²) in [6, 6.07) is 11.8. The number of anilines is 1. The van der Waals surface area contributed by atoms with Crippen molar-refractivity contribution in [2.75, 3.05) is 5.32 Å². The Balaban J connectivity index is 1.70. The van der Waals surface area contributed by atoms with Crippen molar-refractivity contribution in [1.82, 2.24) is 14.9 Å². The van der Waals surface area contributed by atoms with E-state index < -0.39 is 5.69 Å². The van der Waals surface area contributed by atoms with E-state index in [1.165, 1.54) is 6.07 Å². The molecule has 0 fully saturated rings. The Morgan fingerprint density at radius 3 is 2.40 bits per heavy atom. The van der Waals surface area contributed by atoms with Gasteiger partial charge in [-0.3, -0.25) is 19.0 Å². The summed E-state index contributed by atoms with van der Waals surface area (Å²) in [6.45, 7) is 5.92. The molecule has 0 aliphatic carbocycles. The maximum Gasteiger partial charge on any atom is 0.328 e. The number of hydrogen-bond donors (Lipinski definition) is 3. The van der Waals surface area contributed by atoms with E-state index in [0.29, 0.717) is 28.7 Å². The maximum atomic E-state index is 12.5. The van der Waals surface area contributed by atoms with Crippen molar-refractivity contribution in [1.29, 1.82) is 0 Å². The van der Waals surface area contributed by atoms with Crippen molar-refractivity contribution in [3.8, 4) is 0 Å². The van der Waals surface area contributed by atoms with Crippen LogP contribution in [0.1, 0.15) is 36.7 Å². The Labute approximate surface area is 172 Å². The molecular formula is C22H24N4O4. The summed E-state index contributed by atoms with van der Waals surface area (Å²) in [5.41, 5.74) is 1.34. The van der Waals surface area contributed by atoms with Gasteiger partial charge >= 0.3 is 5.69 Å². The average Bonchev–Trinajstić information content (AvgIpc) is 2.72. The molecule has 0 spiro atoms. The zero-order valence-corrected chi connectivity index (χ0v) is 17.1. The van der Waals surface area contributed by atoms with Crippen molar-refractivity contribution < 1.29 is 9.59 Å². The van der Waals surface area contributed by atoms with Crippen molar-refractivity contribution in [2.24, 2.45) is 5.92 Å². The number of amides is 2. The van der Waals surface area contributed by atoms with E-state index in [1.54, 1.807) is 31.2 Å². The number of nitrogens with one attached hydrogen (secondary N) is 3. The number of H-pyrrole nitrogens is 1. The van der Waals surface area contributed by atoms with Crippen LogP contribution in [-0.4, -0.2) is 21.4 Å². The molecule has 1 aromatic heterocycles. The van der Waals surface area contributed by atoms with Crippen LogP contribution < -0.4 is 21.9 Å². The maximum absolute atomic E-state index is 12.5. The van der Waals surface area contributed by atoms with Crippen LogP contribution in [0.4, 0.5) is 5.69 Å². The summed E-state index contributed by atoms with van der Waals surface area (Å²) < 4.78 is 1.11. The molecule has 0 saturated carbocycles. The lowest BCUT2D eigenvalue weighted by Crippen LogP contribution is -2.34. The molecule has 0 aliphatic heterocycles. The third-order valence-corrected chi connectivity index (χ3v) is 4.76. The highest BCUT2D eigenvalue weighted by molar-refractivity contribution is 5.97. The standard InChI is InChI=1S/C22H24N4O4/c1-4-26-21(29)17-10-7-15(11-18(17)25-22(26)30)20(28)23-12-14-5-8-16(9-6-14)24-19(27)13(2)3/h5-11,13H,4,12H2,1-3H3,(H,23,28)(H,24,27)(H,25,30). The fourth-order valence-corrected chi connectivity index (χ4v) is 2.96. The number of carbonyl (C=O) groups excluding carboxylic acids is 2. The Kier molecular flexibility index (Phi) is 6.15. The van der Waals surface area contributed by atoms with Gasteiger partial charge in [-0.25, -0.2) is 4.79 Å². The van der Waals surface area contributed by atoms with Crippen LogP contribution >= 0.6 is 0 Å². The molecule has 3 N–H and O–H groups in total. The molecule has 1 heterocycles. The van der Waals surface area contributed by atoms with Gasteiger partial charge in [0.25, 0.3) is 11.5 Å². The summed E-state index contributed by atoms with van der Waals surface area (Å²) in [5, 5.41) is 5.97. The number of aromatic amines is 1. The molecule has 0 saturated heterocycles. The molecule has 0 bridgehead atoms. The van der Waals surface area contributed by atoms with Crippen molar-refractivity contribution >= 4 is 28.4 Å². The molecule has 0 atom stereocenters. The van der Waals surface area contributed by atoms with Gasteiger partial charge in [0.15, 0.2) is 0 Å². The summed E-state index contributed by atoms with van der Waals surface area (Å²) in [5.74, 6) is -0.489. The fourth-order valence-electron chi connectivity index (χ4n) is 2.96. The molecule has 8 nitrogen and oxygen atoms in total. The highest BCUT2D eigenvalue weighted by Crippen LogP contribution is 2.12. The molecule has 8 heteroatoms. The number of fused-ring (bicyclic) bond motifs is 1. The fraction of sp³-hybridized carbons (Fsp3) is 0.273. The SMILES string of the molecule is CCn1c(=O)[nH]c2cc(C(=O)NCc3ccc(NC(=O)C(C)C)cc3)ccc2c1=O. The first-order valence-corrected chi connectivity index (χ1v) is 9.75. The second-order valence-corrected chi connectivity index (χ2v) is 7.26. The topological polar surface area (TPSA) is 113 Å². The zero-order chi connectivity index (χ0) is 21.8. The number of aromatic nitrogens is 2. The highest BCUT2D eigenvalue weighted by atomic mass is 16.2. The molecule has 2 amide bonds. The van der Waals surface area contributed by atoms with Crippen LogP contribution in [0, 0.1) is 5.92 Å². The smallest absolute Gasteiger partial charge is 0.328 e. The lowest BCUT2D eigenvalue weighted by molar-refractivity contribution is -0.118. The van der Waals surface area contributed by atoms with Crippen LogP contribution in [0.2, 0.25) is 0 Å². The minimum Gasteiger partial charge on any atom is -0.348 e. The first-order chi connectivity index (χ1) is 14.3. The van der Waals surface area contributed by atoms with Gasteiger partial charge in [-0.15, -0.1) is 0 Å². The molecule has 3 rings (SSSR count). The first-order valence-electron chi connectivity index (χ1n) is 9.75. The van der Waals surface area contributed by atoms with E-state index in [9.17, 15) is 19.2 Å². The van der Waals surface area contributed by atoms with Crippen molar-refractivity contribution in [3.63, 3.8) is 0 Å². The largest absolute Gasteiger partial charge is 0.348 e. The predicted molar refractivity (Wildman–Crippen MR) is 116 cm³/mol. The van der Waals surface area contributed by atoms with E-state index in [2.05, 4.69) is 15.6 Å². The third-order valence-electron chi connectivity index (χ3n) is 4.76. The number of nitrogens with zero attached hydrogens (tertiary/aromatic N) is 1. The van der Waals surface area contributed by atoms with Gasteiger partial charge in [0, 0.05) is 30.3 Å². The summed E-state index contributed by atoms with van der Waals surface area (Å²) >= 11 is 0. The van der Waals surface area contributed by atoms with E-state index in [4.69, 9.17) is 0 Å². The van der Waals surface area contributed by atoms with Gasteiger partial charge < -0.3 is 15.6 Å². The van der Waals surface area contributed by atoms with E-state index >= 15 is 0 Å². The average molecular weight is 408 g/mol. The van der Waals surface area contributed by atoms with Crippen LogP contribution in [0.3, 0.4) is 0 Å². The van der Waals surface area contributed by atoms with Gasteiger partial charge in [0.1, 0.15) is 0 Å². The van der Waals surface area contributed by atoms with Gasteiger partial charge in [0.2, 0.25) is 5.91 Å². The number of rotatable bonds is 6. The number of hydrogen-bond acceptors (Lipinski definition) is 4. The molecule has 156 valence electrons. The Bertz CT molecular complexity index is 1210. The molecule has 3 aromatic rings. The Hall–Kier alpha value is -3.68. The van der Waals surface area contributed by atoms with E-state index in [1.807, 2.05) is 26.0 Å². The van der Waals surface area contributed by atoms with Gasteiger partial charge in [-0.2, -0.15) is 0 Å². The van der Waals surface area contributed by atoms with Crippen LogP contribution in [0.25, 0.3) is 10.9 Å².